The molecule has 3 fully saturated rings. The molecule has 2 saturated carbocycles. The number of hydrogen-bond acceptors (Lipinski definition) is 2. The summed E-state index contributed by atoms with van der Waals surface area (Å²) in [4.78, 5) is 11.9. The van der Waals surface area contributed by atoms with Crippen molar-refractivity contribution in [3.8, 4) is 0 Å². The van der Waals surface area contributed by atoms with E-state index in [0.29, 0.717) is 23.0 Å². The third kappa shape index (κ3) is 2.37. The van der Waals surface area contributed by atoms with Gasteiger partial charge in [-0.3, -0.25) is 4.79 Å². The van der Waals surface area contributed by atoms with Crippen LogP contribution in [-0.2, 0) is 9.53 Å². The van der Waals surface area contributed by atoms with Crippen molar-refractivity contribution in [1.82, 2.24) is 0 Å². The minimum Gasteiger partial charge on any atom is -0.375 e. The molecule has 0 amide bonds. The van der Waals surface area contributed by atoms with Crippen LogP contribution in [0, 0.1) is 35.0 Å². The molecule has 0 N–H and O–H groups in total. The molecule has 1 aliphatic heterocycles. The molecule has 4 aliphatic carbocycles. The van der Waals surface area contributed by atoms with Crippen molar-refractivity contribution in [2.75, 3.05) is 6.61 Å². The monoisotopic (exact) mass is 354 g/mol. The van der Waals surface area contributed by atoms with Gasteiger partial charge in [-0.1, -0.05) is 19.1 Å². The average molecular weight is 355 g/mol. The lowest BCUT2D eigenvalue weighted by Crippen LogP contribution is -2.57. The molecule has 0 aromatic carbocycles. The van der Waals surface area contributed by atoms with Crippen LogP contribution in [0.1, 0.15) is 71.6 Å². The van der Waals surface area contributed by atoms with Crippen LogP contribution in [0.15, 0.2) is 23.8 Å². The molecule has 0 bridgehead atoms. The van der Waals surface area contributed by atoms with Crippen LogP contribution in [-0.4, -0.2) is 18.0 Å². The standard InChI is InChI=1S/C24H34O2/c1-3-24(23(2)12-4-14-26-23)13-11-20-19-10-8-18(25)15-17(19)7-9-21(20)22(24)16-5-6-16/h7,9,15-16,19-22H,3-6,8,10-14H2,1-2H3/t19-,20+,21+,22-,23+,24?/m0/s1. The summed E-state index contributed by atoms with van der Waals surface area (Å²) in [6.45, 7) is 5.83. The molecule has 0 aromatic heterocycles. The van der Waals surface area contributed by atoms with Gasteiger partial charge >= 0.3 is 0 Å². The first kappa shape index (κ1) is 17.2. The van der Waals surface area contributed by atoms with Gasteiger partial charge in [0.1, 0.15) is 0 Å². The number of allylic oxidation sites excluding steroid dienone is 4. The van der Waals surface area contributed by atoms with Crippen LogP contribution in [0.2, 0.25) is 0 Å². The number of carbonyl (C=O) groups is 1. The first-order valence-electron chi connectivity index (χ1n) is 11.1. The van der Waals surface area contributed by atoms with E-state index in [1.54, 1.807) is 0 Å². The van der Waals surface area contributed by atoms with Crippen LogP contribution in [0.25, 0.3) is 0 Å². The number of fused-ring (bicyclic) bond motifs is 3. The summed E-state index contributed by atoms with van der Waals surface area (Å²) in [5.74, 6) is 4.12. The fourth-order valence-corrected chi connectivity index (χ4v) is 7.63. The van der Waals surface area contributed by atoms with Gasteiger partial charge < -0.3 is 4.74 Å². The Balaban J connectivity index is 1.55. The number of hydrogen-bond donors (Lipinski definition) is 0. The Morgan fingerprint density at radius 2 is 2.04 bits per heavy atom. The zero-order chi connectivity index (χ0) is 17.9. The SMILES string of the molecule is CCC1([C@@]2(C)CCCO2)CC[C@H]2[C@@H](C=CC3=CC(=O)CC[C@@H]32)[C@@H]1C1CC1. The van der Waals surface area contributed by atoms with Crippen LogP contribution < -0.4 is 0 Å². The van der Waals surface area contributed by atoms with Gasteiger partial charge in [0.2, 0.25) is 0 Å². The van der Waals surface area contributed by atoms with Gasteiger partial charge in [-0.25, -0.2) is 0 Å². The summed E-state index contributed by atoms with van der Waals surface area (Å²) < 4.78 is 6.50. The van der Waals surface area contributed by atoms with Crippen molar-refractivity contribution in [2.24, 2.45) is 35.0 Å². The Morgan fingerprint density at radius 3 is 2.73 bits per heavy atom. The van der Waals surface area contributed by atoms with Gasteiger partial charge in [-0.15, -0.1) is 0 Å². The van der Waals surface area contributed by atoms with Crippen molar-refractivity contribution in [3.63, 3.8) is 0 Å². The Kier molecular flexibility index (Phi) is 4.01. The third-order valence-corrected chi connectivity index (χ3v) is 8.99. The van der Waals surface area contributed by atoms with Crippen LogP contribution in [0.4, 0.5) is 0 Å². The fourth-order valence-electron chi connectivity index (χ4n) is 7.63. The highest BCUT2D eigenvalue weighted by Gasteiger charge is 2.62. The van der Waals surface area contributed by atoms with Gasteiger partial charge in [0, 0.05) is 18.4 Å². The minimum atomic E-state index is 0.0759. The van der Waals surface area contributed by atoms with Crippen LogP contribution in [0.5, 0.6) is 0 Å². The second kappa shape index (κ2) is 6.06. The van der Waals surface area contributed by atoms with E-state index in [-0.39, 0.29) is 5.60 Å². The number of carbonyl (C=O) groups excluding carboxylic acids is 1. The van der Waals surface area contributed by atoms with Gasteiger partial charge in [-0.2, -0.15) is 0 Å². The molecule has 2 nitrogen and oxygen atoms in total. The molecule has 1 unspecified atom stereocenters. The highest BCUT2D eigenvalue weighted by molar-refractivity contribution is 5.91. The average Bonchev–Trinajstić information content (AvgIpc) is 3.39. The molecule has 1 heterocycles. The van der Waals surface area contributed by atoms with Gasteiger partial charge in [-0.05, 0) is 99.5 Å². The zero-order valence-electron chi connectivity index (χ0n) is 16.5. The van der Waals surface area contributed by atoms with E-state index in [1.165, 1.54) is 50.5 Å². The normalized spacial score (nSPS) is 48.1. The molecule has 26 heavy (non-hydrogen) atoms. The molecule has 0 radical (unpaired) electrons. The van der Waals surface area contributed by atoms with E-state index in [1.807, 2.05) is 6.08 Å². The number of ether oxygens (including phenoxy) is 1. The van der Waals surface area contributed by atoms with Crippen molar-refractivity contribution < 1.29 is 9.53 Å². The molecule has 2 heteroatoms. The van der Waals surface area contributed by atoms with Crippen molar-refractivity contribution in [3.05, 3.63) is 23.8 Å². The van der Waals surface area contributed by atoms with E-state index in [2.05, 4.69) is 26.0 Å². The molecule has 142 valence electrons. The molecule has 6 atom stereocenters. The van der Waals surface area contributed by atoms with Gasteiger partial charge in [0.15, 0.2) is 5.78 Å². The lowest BCUT2D eigenvalue weighted by atomic mass is 9.47. The molecular weight excluding hydrogens is 320 g/mol. The predicted molar refractivity (Wildman–Crippen MR) is 104 cm³/mol. The Labute approximate surface area is 158 Å². The van der Waals surface area contributed by atoms with Crippen molar-refractivity contribution in [1.29, 1.82) is 0 Å². The summed E-state index contributed by atoms with van der Waals surface area (Å²) >= 11 is 0. The molecule has 0 aromatic rings. The maximum Gasteiger partial charge on any atom is 0.155 e. The fraction of sp³-hybridized carbons (Fsp3) is 0.792. The second-order valence-corrected chi connectivity index (χ2v) is 9.95. The highest BCUT2D eigenvalue weighted by Crippen LogP contribution is 2.66. The molecule has 5 rings (SSSR count). The Bertz CT molecular complexity index is 649. The topological polar surface area (TPSA) is 26.3 Å². The number of ketones is 1. The molecular formula is C24H34O2. The highest BCUT2D eigenvalue weighted by atomic mass is 16.5. The smallest absolute Gasteiger partial charge is 0.155 e. The lowest BCUT2D eigenvalue weighted by molar-refractivity contribution is -0.163. The predicted octanol–water partition coefficient (Wildman–Crippen LogP) is 5.48. The maximum atomic E-state index is 11.9. The van der Waals surface area contributed by atoms with E-state index in [4.69, 9.17) is 4.74 Å². The molecule has 5 aliphatic rings. The van der Waals surface area contributed by atoms with Crippen molar-refractivity contribution in [2.45, 2.75) is 77.2 Å². The first-order chi connectivity index (χ1) is 12.6. The van der Waals surface area contributed by atoms with Crippen LogP contribution >= 0.6 is 0 Å². The van der Waals surface area contributed by atoms with E-state index in [0.717, 1.165) is 37.2 Å². The summed E-state index contributed by atoms with van der Waals surface area (Å²) in [7, 11) is 0. The third-order valence-electron chi connectivity index (χ3n) is 8.99. The second-order valence-electron chi connectivity index (χ2n) is 9.95. The number of rotatable bonds is 3. The maximum absolute atomic E-state index is 11.9. The van der Waals surface area contributed by atoms with Gasteiger partial charge in [0.05, 0.1) is 5.60 Å². The zero-order valence-corrected chi connectivity index (χ0v) is 16.5. The Hall–Kier alpha value is -0.890. The van der Waals surface area contributed by atoms with E-state index >= 15 is 0 Å². The first-order valence-corrected chi connectivity index (χ1v) is 11.1. The summed E-state index contributed by atoms with van der Waals surface area (Å²) in [6.07, 6.45) is 17.9. The van der Waals surface area contributed by atoms with Gasteiger partial charge in [0.25, 0.3) is 0 Å². The Morgan fingerprint density at radius 1 is 1.19 bits per heavy atom. The van der Waals surface area contributed by atoms with Crippen LogP contribution in [0.3, 0.4) is 0 Å². The minimum absolute atomic E-state index is 0.0759. The lowest BCUT2D eigenvalue weighted by Gasteiger charge is -2.59. The summed E-state index contributed by atoms with van der Waals surface area (Å²) in [6, 6.07) is 0. The van der Waals surface area contributed by atoms with E-state index in [9.17, 15) is 4.79 Å². The molecule has 1 saturated heterocycles. The summed E-state index contributed by atoms with van der Waals surface area (Å²) in [5, 5.41) is 0. The largest absolute Gasteiger partial charge is 0.375 e. The van der Waals surface area contributed by atoms with E-state index < -0.39 is 0 Å². The quantitative estimate of drug-likeness (QED) is 0.671. The summed E-state index contributed by atoms with van der Waals surface area (Å²) in [5.41, 5.74) is 1.76. The van der Waals surface area contributed by atoms with Crippen molar-refractivity contribution >= 4 is 5.78 Å². The molecule has 0 spiro atoms.